The van der Waals surface area contributed by atoms with Crippen LogP contribution in [0.1, 0.15) is 25.7 Å². The van der Waals surface area contributed by atoms with Gasteiger partial charge >= 0.3 is 5.97 Å². The van der Waals surface area contributed by atoms with E-state index in [1.54, 1.807) is 0 Å². The van der Waals surface area contributed by atoms with E-state index >= 15 is 0 Å². The average Bonchev–Trinajstić information content (AvgIpc) is 2.30. The number of carbonyl (C=O) groups is 1. The van der Waals surface area contributed by atoms with E-state index in [9.17, 15) is 4.79 Å². The van der Waals surface area contributed by atoms with Gasteiger partial charge in [-0.2, -0.15) is 0 Å². The highest BCUT2D eigenvalue weighted by Gasteiger charge is 2.29. The zero-order valence-electron chi connectivity index (χ0n) is 10.8. The molecule has 0 aliphatic carbocycles. The van der Waals surface area contributed by atoms with Gasteiger partial charge in [0.1, 0.15) is 0 Å². The molecule has 2 aliphatic heterocycles. The predicted octanol–water partition coefficient (Wildman–Crippen LogP) is 1.12. The van der Waals surface area contributed by atoms with Gasteiger partial charge in [-0.3, -0.25) is 9.69 Å². The third kappa shape index (κ3) is 3.68. The first-order valence-electron chi connectivity index (χ1n) is 6.78. The molecule has 0 spiro atoms. The molecule has 17 heavy (non-hydrogen) atoms. The van der Waals surface area contributed by atoms with Gasteiger partial charge < -0.3 is 10.0 Å². The molecule has 2 rings (SSSR count). The molecule has 0 radical (unpaired) electrons. The summed E-state index contributed by atoms with van der Waals surface area (Å²) in [5.74, 6) is 1.04. The predicted molar refractivity (Wildman–Crippen MR) is 67.0 cm³/mol. The number of hydrogen-bond acceptors (Lipinski definition) is 3. The number of carboxylic acids is 1. The number of hydrogen-bond donors (Lipinski definition) is 1. The summed E-state index contributed by atoms with van der Waals surface area (Å²) < 4.78 is 0. The Labute approximate surface area is 104 Å². The Kier molecular flexibility index (Phi) is 4.40. The lowest BCUT2D eigenvalue weighted by Gasteiger charge is -2.39. The normalized spacial score (nSPS) is 26.2. The third-order valence-corrected chi connectivity index (χ3v) is 4.42. The highest BCUT2D eigenvalue weighted by Crippen LogP contribution is 2.31. The molecule has 4 nitrogen and oxygen atoms in total. The van der Waals surface area contributed by atoms with Crippen LogP contribution in [0.4, 0.5) is 0 Å². The van der Waals surface area contributed by atoms with Crippen molar-refractivity contribution in [2.45, 2.75) is 25.7 Å². The Bertz CT molecular complexity index is 254. The fourth-order valence-electron chi connectivity index (χ4n) is 3.27. The molecular formula is C13H24N2O2. The van der Waals surface area contributed by atoms with E-state index in [4.69, 9.17) is 5.11 Å². The van der Waals surface area contributed by atoms with Crippen molar-refractivity contribution in [1.82, 2.24) is 9.80 Å². The first-order valence-corrected chi connectivity index (χ1v) is 6.78. The van der Waals surface area contributed by atoms with Crippen molar-refractivity contribution in [2.75, 3.05) is 39.8 Å². The van der Waals surface area contributed by atoms with E-state index in [0.717, 1.165) is 24.9 Å². The minimum Gasteiger partial charge on any atom is -0.480 e. The molecule has 4 heteroatoms. The van der Waals surface area contributed by atoms with Gasteiger partial charge in [-0.25, -0.2) is 0 Å². The molecule has 2 heterocycles. The Morgan fingerprint density at radius 1 is 1.06 bits per heavy atom. The Morgan fingerprint density at radius 2 is 1.53 bits per heavy atom. The highest BCUT2D eigenvalue weighted by molar-refractivity contribution is 5.69. The molecule has 0 aromatic heterocycles. The van der Waals surface area contributed by atoms with Crippen LogP contribution in [0.2, 0.25) is 0 Å². The average molecular weight is 240 g/mol. The number of likely N-dealkylation sites (tertiary alicyclic amines) is 2. The lowest BCUT2D eigenvalue weighted by atomic mass is 9.79. The summed E-state index contributed by atoms with van der Waals surface area (Å²) in [6.07, 6.45) is 5.06. The van der Waals surface area contributed by atoms with Crippen LogP contribution in [0.15, 0.2) is 0 Å². The van der Waals surface area contributed by atoms with Crippen LogP contribution in [-0.4, -0.2) is 60.6 Å². The molecule has 0 saturated carbocycles. The molecule has 98 valence electrons. The van der Waals surface area contributed by atoms with Gasteiger partial charge in [-0.1, -0.05) is 0 Å². The molecule has 2 saturated heterocycles. The van der Waals surface area contributed by atoms with E-state index in [2.05, 4.69) is 16.8 Å². The van der Waals surface area contributed by atoms with Gasteiger partial charge in [0, 0.05) is 0 Å². The molecule has 0 unspecified atom stereocenters. The van der Waals surface area contributed by atoms with E-state index in [0.29, 0.717) is 0 Å². The maximum Gasteiger partial charge on any atom is 0.317 e. The molecule has 0 bridgehead atoms. The maximum absolute atomic E-state index is 10.6. The van der Waals surface area contributed by atoms with E-state index in [1.807, 2.05) is 0 Å². The summed E-state index contributed by atoms with van der Waals surface area (Å²) in [6, 6.07) is 0. The van der Waals surface area contributed by atoms with Crippen LogP contribution in [0.5, 0.6) is 0 Å². The first-order chi connectivity index (χ1) is 8.15. The van der Waals surface area contributed by atoms with Gasteiger partial charge in [0.2, 0.25) is 0 Å². The molecule has 0 aromatic rings. The summed E-state index contributed by atoms with van der Waals surface area (Å²) in [6.45, 7) is 4.65. The fraction of sp³-hybridized carbons (Fsp3) is 0.923. The largest absolute Gasteiger partial charge is 0.480 e. The standard InChI is InChI=1S/C13H24N2O2/c1-14-6-2-11(3-7-14)12-4-8-15(9-5-12)10-13(16)17/h11-12H,2-10H2,1H3,(H,16,17). The van der Waals surface area contributed by atoms with Crippen LogP contribution in [-0.2, 0) is 4.79 Å². The molecule has 0 aromatic carbocycles. The Hall–Kier alpha value is -0.610. The highest BCUT2D eigenvalue weighted by atomic mass is 16.4. The van der Waals surface area contributed by atoms with Crippen molar-refractivity contribution in [3.05, 3.63) is 0 Å². The van der Waals surface area contributed by atoms with Crippen LogP contribution >= 0.6 is 0 Å². The van der Waals surface area contributed by atoms with Crippen LogP contribution < -0.4 is 0 Å². The second-order valence-corrected chi connectivity index (χ2v) is 5.65. The van der Waals surface area contributed by atoms with Crippen molar-refractivity contribution in [1.29, 1.82) is 0 Å². The minimum absolute atomic E-state index is 0.222. The molecular weight excluding hydrogens is 216 g/mol. The van der Waals surface area contributed by atoms with Crippen molar-refractivity contribution < 1.29 is 9.90 Å². The zero-order chi connectivity index (χ0) is 12.3. The zero-order valence-corrected chi connectivity index (χ0v) is 10.8. The SMILES string of the molecule is CN1CCC(C2CCN(CC(=O)O)CC2)CC1. The number of rotatable bonds is 3. The second-order valence-electron chi connectivity index (χ2n) is 5.65. The van der Waals surface area contributed by atoms with Gasteiger partial charge in [-0.05, 0) is 70.7 Å². The van der Waals surface area contributed by atoms with Crippen LogP contribution in [0.25, 0.3) is 0 Å². The summed E-state index contributed by atoms with van der Waals surface area (Å²) in [4.78, 5) is 15.1. The lowest BCUT2D eigenvalue weighted by Crippen LogP contribution is -2.41. The molecule has 0 amide bonds. The summed E-state index contributed by atoms with van der Waals surface area (Å²) >= 11 is 0. The van der Waals surface area contributed by atoms with E-state index in [-0.39, 0.29) is 6.54 Å². The van der Waals surface area contributed by atoms with Crippen molar-refractivity contribution in [2.24, 2.45) is 11.8 Å². The van der Waals surface area contributed by atoms with Crippen molar-refractivity contribution in [3.63, 3.8) is 0 Å². The van der Waals surface area contributed by atoms with Gasteiger partial charge in [-0.15, -0.1) is 0 Å². The minimum atomic E-state index is -0.692. The number of nitrogens with zero attached hydrogens (tertiary/aromatic N) is 2. The van der Waals surface area contributed by atoms with Crippen LogP contribution in [0.3, 0.4) is 0 Å². The molecule has 0 atom stereocenters. The van der Waals surface area contributed by atoms with Gasteiger partial charge in [0.25, 0.3) is 0 Å². The van der Waals surface area contributed by atoms with E-state index < -0.39 is 5.97 Å². The topological polar surface area (TPSA) is 43.8 Å². The Morgan fingerprint density at radius 3 is 2.00 bits per heavy atom. The number of piperidine rings is 2. The first kappa shape index (κ1) is 12.8. The summed E-state index contributed by atoms with van der Waals surface area (Å²) in [5, 5.41) is 8.76. The molecule has 1 N–H and O–H groups in total. The monoisotopic (exact) mass is 240 g/mol. The van der Waals surface area contributed by atoms with Gasteiger partial charge in [0.05, 0.1) is 6.54 Å². The number of carboxylic acid groups (broad SMARTS) is 1. The molecule has 2 fully saturated rings. The Balaban J connectivity index is 1.73. The smallest absolute Gasteiger partial charge is 0.317 e. The summed E-state index contributed by atoms with van der Waals surface area (Å²) in [5.41, 5.74) is 0. The maximum atomic E-state index is 10.6. The van der Waals surface area contributed by atoms with E-state index in [1.165, 1.54) is 38.8 Å². The van der Waals surface area contributed by atoms with Crippen molar-refractivity contribution >= 4 is 5.97 Å². The fourth-order valence-corrected chi connectivity index (χ4v) is 3.27. The van der Waals surface area contributed by atoms with Crippen LogP contribution in [0, 0.1) is 11.8 Å². The lowest BCUT2D eigenvalue weighted by molar-refractivity contribution is -0.138. The van der Waals surface area contributed by atoms with Gasteiger partial charge in [0.15, 0.2) is 0 Å². The number of aliphatic carboxylic acids is 1. The second kappa shape index (κ2) is 5.83. The third-order valence-electron chi connectivity index (χ3n) is 4.42. The van der Waals surface area contributed by atoms with Crippen molar-refractivity contribution in [3.8, 4) is 0 Å². The molecule has 2 aliphatic rings. The summed E-state index contributed by atoms with van der Waals surface area (Å²) in [7, 11) is 2.20. The quantitative estimate of drug-likeness (QED) is 0.803.